The summed E-state index contributed by atoms with van der Waals surface area (Å²) in [4.78, 5) is 23.4. The molecule has 1 aromatic heterocycles. The van der Waals surface area contributed by atoms with Gasteiger partial charge in [0.15, 0.2) is 0 Å². The number of carbonyl (C=O) groups is 1. The van der Waals surface area contributed by atoms with Gasteiger partial charge in [0.25, 0.3) is 5.91 Å². The molecule has 0 bridgehead atoms. The highest BCUT2D eigenvalue weighted by atomic mass is 16.1. The number of carbonyl (C=O) groups excluding carboxylic acids is 1. The third-order valence-corrected chi connectivity index (χ3v) is 5.62. The maximum atomic E-state index is 12.5. The van der Waals surface area contributed by atoms with Crippen LogP contribution in [0.4, 0.5) is 17.3 Å². The zero-order chi connectivity index (χ0) is 19.9. The van der Waals surface area contributed by atoms with Crippen LogP contribution in [0.25, 0.3) is 0 Å². The second-order valence-electron chi connectivity index (χ2n) is 7.78. The molecule has 0 spiro atoms. The number of allylic oxidation sites excluding steroid dienone is 1. The first kappa shape index (κ1) is 19.4. The highest BCUT2D eigenvalue weighted by molar-refractivity contribution is 6.03. The van der Waals surface area contributed by atoms with Crippen molar-refractivity contribution in [2.75, 3.05) is 35.2 Å². The Labute approximate surface area is 172 Å². The van der Waals surface area contributed by atoms with Crippen LogP contribution in [0.5, 0.6) is 0 Å². The van der Waals surface area contributed by atoms with Crippen molar-refractivity contribution < 1.29 is 4.79 Å². The third kappa shape index (κ3) is 5.34. The molecule has 6 heteroatoms. The van der Waals surface area contributed by atoms with Crippen LogP contribution in [0.3, 0.4) is 0 Å². The molecule has 2 heterocycles. The molecule has 2 N–H and O–H groups in total. The fourth-order valence-electron chi connectivity index (χ4n) is 3.94. The second kappa shape index (κ2) is 9.54. The van der Waals surface area contributed by atoms with E-state index in [4.69, 9.17) is 0 Å². The zero-order valence-electron chi connectivity index (χ0n) is 16.9. The van der Waals surface area contributed by atoms with Gasteiger partial charge in [-0.15, -0.1) is 0 Å². The van der Waals surface area contributed by atoms with E-state index in [-0.39, 0.29) is 5.91 Å². The van der Waals surface area contributed by atoms with Crippen LogP contribution in [0.2, 0.25) is 0 Å². The highest BCUT2D eigenvalue weighted by Gasteiger charge is 2.13. The zero-order valence-corrected chi connectivity index (χ0v) is 16.9. The van der Waals surface area contributed by atoms with Crippen molar-refractivity contribution in [1.82, 2.24) is 9.97 Å². The highest BCUT2D eigenvalue weighted by Crippen LogP contribution is 2.22. The largest absolute Gasteiger partial charge is 0.372 e. The number of amides is 1. The Morgan fingerprint density at radius 1 is 1.00 bits per heavy atom. The first-order chi connectivity index (χ1) is 14.3. The van der Waals surface area contributed by atoms with Crippen LogP contribution in [0, 0.1) is 0 Å². The van der Waals surface area contributed by atoms with Crippen molar-refractivity contribution in [1.29, 1.82) is 0 Å². The summed E-state index contributed by atoms with van der Waals surface area (Å²) in [5, 5.41) is 6.16. The van der Waals surface area contributed by atoms with E-state index in [9.17, 15) is 4.79 Å². The molecule has 2 aliphatic rings. The molecule has 0 radical (unpaired) electrons. The molecular weight excluding hydrogens is 362 g/mol. The Bertz CT molecular complexity index is 839. The van der Waals surface area contributed by atoms with Gasteiger partial charge in [0.1, 0.15) is 0 Å². The van der Waals surface area contributed by atoms with Gasteiger partial charge in [-0.3, -0.25) is 4.79 Å². The van der Waals surface area contributed by atoms with Crippen LogP contribution in [-0.4, -0.2) is 35.5 Å². The fraction of sp³-hybridized carbons (Fsp3) is 0.435. The van der Waals surface area contributed by atoms with Crippen LogP contribution in [-0.2, 0) is 0 Å². The van der Waals surface area contributed by atoms with E-state index in [1.54, 1.807) is 12.4 Å². The molecule has 152 valence electrons. The fourth-order valence-corrected chi connectivity index (χ4v) is 3.94. The minimum absolute atomic E-state index is 0.196. The number of benzene rings is 1. The van der Waals surface area contributed by atoms with Gasteiger partial charge >= 0.3 is 0 Å². The summed E-state index contributed by atoms with van der Waals surface area (Å²) >= 11 is 0. The van der Waals surface area contributed by atoms with E-state index in [2.05, 4.69) is 43.7 Å². The number of aromatic nitrogens is 2. The van der Waals surface area contributed by atoms with Gasteiger partial charge in [0.05, 0.1) is 5.56 Å². The molecule has 1 aliphatic heterocycles. The molecule has 1 amide bonds. The Morgan fingerprint density at radius 3 is 2.45 bits per heavy atom. The number of nitrogens with one attached hydrogen (secondary N) is 2. The first-order valence-corrected chi connectivity index (χ1v) is 10.7. The standard InChI is InChI=1S/C23H29N5O/c29-22(27-20-8-10-21(11-9-20)28-14-4-5-15-28)19-16-25-23(26-17-19)24-13-12-18-6-2-1-3-7-18/h6,8-11,16-17H,1-5,7,12-15H2,(H,27,29)(H,24,25,26). The number of rotatable bonds is 7. The lowest BCUT2D eigenvalue weighted by Crippen LogP contribution is -2.17. The lowest BCUT2D eigenvalue weighted by Gasteiger charge is -2.17. The summed E-state index contributed by atoms with van der Waals surface area (Å²) in [6.07, 6.45) is 14.1. The molecule has 2 aromatic rings. The second-order valence-corrected chi connectivity index (χ2v) is 7.78. The quantitative estimate of drug-likeness (QED) is 0.673. The van der Waals surface area contributed by atoms with Crippen molar-refractivity contribution in [3.8, 4) is 0 Å². The molecule has 0 saturated carbocycles. The molecule has 1 fully saturated rings. The maximum Gasteiger partial charge on any atom is 0.258 e. The molecule has 4 rings (SSSR count). The first-order valence-electron chi connectivity index (χ1n) is 10.7. The molecule has 29 heavy (non-hydrogen) atoms. The van der Waals surface area contributed by atoms with Crippen molar-refractivity contribution >= 4 is 23.2 Å². The van der Waals surface area contributed by atoms with E-state index in [1.165, 1.54) is 49.8 Å². The summed E-state index contributed by atoms with van der Waals surface area (Å²) < 4.78 is 0. The number of hydrogen-bond donors (Lipinski definition) is 2. The van der Waals surface area contributed by atoms with Crippen molar-refractivity contribution in [3.63, 3.8) is 0 Å². The summed E-state index contributed by atoms with van der Waals surface area (Å²) in [6, 6.07) is 8.02. The Kier molecular flexibility index (Phi) is 6.39. The summed E-state index contributed by atoms with van der Waals surface area (Å²) in [5.74, 6) is 0.366. The van der Waals surface area contributed by atoms with Crippen LogP contribution in [0.1, 0.15) is 55.3 Å². The van der Waals surface area contributed by atoms with Crippen molar-refractivity contribution in [2.24, 2.45) is 0 Å². The monoisotopic (exact) mass is 391 g/mol. The molecule has 1 aromatic carbocycles. The molecular formula is C23H29N5O. The van der Waals surface area contributed by atoms with Gasteiger partial charge in [-0.1, -0.05) is 11.6 Å². The van der Waals surface area contributed by atoms with E-state index in [0.717, 1.165) is 31.7 Å². The maximum absolute atomic E-state index is 12.5. The smallest absolute Gasteiger partial charge is 0.258 e. The van der Waals surface area contributed by atoms with Crippen LogP contribution in [0.15, 0.2) is 48.3 Å². The van der Waals surface area contributed by atoms with Crippen LogP contribution < -0.4 is 15.5 Å². The van der Waals surface area contributed by atoms with Gasteiger partial charge in [-0.2, -0.15) is 0 Å². The number of hydrogen-bond acceptors (Lipinski definition) is 5. The van der Waals surface area contributed by atoms with Gasteiger partial charge in [-0.05, 0) is 69.2 Å². The van der Waals surface area contributed by atoms with Gasteiger partial charge < -0.3 is 15.5 Å². The Hall–Kier alpha value is -2.89. The lowest BCUT2D eigenvalue weighted by molar-refractivity contribution is 0.102. The predicted molar refractivity (Wildman–Crippen MR) is 118 cm³/mol. The Balaban J connectivity index is 1.26. The normalized spacial score (nSPS) is 16.4. The molecule has 1 aliphatic carbocycles. The molecule has 1 saturated heterocycles. The van der Waals surface area contributed by atoms with Gasteiger partial charge in [0.2, 0.25) is 5.95 Å². The number of anilines is 3. The topological polar surface area (TPSA) is 70.2 Å². The van der Waals surface area contributed by atoms with Crippen molar-refractivity contribution in [2.45, 2.75) is 44.9 Å². The Morgan fingerprint density at radius 2 is 1.76 bits per heavy atom. The average Bonchev–Trinajstić information content (AvgIpc) is 3.30. The molecule has 0 atom stereocenters. The summed E-state index contributed by atoms with van der Waals surface area (Å²) in [6.45, 7) is 3.04. The lowest BCUT2D eigenvalue weighted by atomic mass is 9.97. The molecule has 6 nitrogen and oxygen atoms in total. The van der Waals surface area contributed by atoms with Crippen LogP contribution >= 0.6 is 0 Å². The third-order valence-electron chi connectivity index (χ3n) is 5.62. The summed E-state index contributed by atoms with van der Waals surface area (Å²) in [5.41, 5.74) is 3.97. The van der Waals surface area contributed by atoms with Crippen molar-refractivity contribution in [3.05, 3.63) is 53.9 Å². The SMILES string of the molecule is O=C(Nc1ccc(N2CCCC2)cc1)c1cnc(NCCC2=CCCCC2)nc1. The van der Waals surface area contributed by atoms with Gasteiger partial charge in [-0.25, -0.2) is 9.97 Å². The van der Waals surface area contributed by atoms with Gasteiger partial charge in [0, 0.05) is 43.4 Å². The average molecular weight is 392 g/mol. The predicted octanol–water partition coefficient (Wildman–Crippen LogP) is 4.63. The minimum Gasteiger partial charge on any atom is -0.372 e. The summed E-state index contributed by atoms with van der Waals surface area (Å²) in [7, 11) is 0. The van der Waals surface area contributed by atoms with E-state index in [0.29, 0.717) is 11.5 Å². The van der Waals surface area contributed by atoms with E-state index in [1.807, 2.05) is 12.1 Å². The van der Waals surface area contributed by atoms with E-state index < -0.39 is 0 Å². The minimum atomic E-state index is -0.196. The van der Waals surface area contributed by atoms with E-state index >= 15 is 0 Å². The molecule has 0 unspecified atom stereocenters. The number of nitrogens with zero attached hydrogens (tertiary/aromatic N) is 3.